The summed E-state index contributed by atoms with van der Waals surface area (Å²) in [6.07, 6.45) is 1.61. The van der Waals surface area contributed by atoms with E-state index in [2.05, 4.69) is 33.9 Å². The number of hydrogen-bond donors (Lipinski definition) is 0. The maximum absolute atomic E-state index is 12.0. The Hall–Kier alpha value is -1.33. The fourth-order valence-electron chi connectivity index (χ4n) is 1.92. The Morgan fingerprint density at radius 2 is 1.75 bits per heavy atom. The number of hydrogen-bond acceptors (Lipinski definition) is 3. The van der Waals surface area contributed by atoms with Crippen LogP contribution >= 0.6 is 0 Å². The molecule has 0 aliphatic heterocycles. The molecule has 0 atom stereocenters. The first kappa shape index (κ1) is 20.7. The molecule has 5 heteroatoms. The van der Waals surface area contributed by atoms with E-state index in [1.165, 1.54) is 0 Å². The van der Waals surface area contributed by atoms with Crippen molar-refractivity contribution in [1.29, 1.82) is 0 Å². The molecule has 0 aliphatic rings. The van der Waals surface area contributed by atoms with E-state index in [4.69, 9.17) is 9.16 Å². The van der Waals surface area contributed by atoms with Gasteiger partial charge in [0.25, 0.3) is 0 Å². The molecular weight excluding hydrogens is 318 g/mol. The van der Waals surface area contributed by atoms with E-state index >= 15 is 0 Å². The highest BCUT2D eigenvalue weighted by Gasteiger charge is 2.36. The fourth-order valence-corrected chi connectivity index (χ4v) is 3.00. The molecule has 1 aromatic rings. The zero-order valence-electron chi connectivity index (χ0n) is 16.1. The minimum Gasteiger partial charge on any atom is -0.445 e. The number of benzene rings is 1. The molecule has 24 heavy (non-hydrogen) atoms. The predicted molar refractivity (Wildman–Crippen MR) is 102 cm³/mol. The number of carbonyl (C=O) groups is 1. The lowest BCUT2D eigenvalue weighted by atomic mass is 10.2. The van der Waals surface area contributed by atoms with Gasteiger partial charge >= 0.3 is 6.09 Å². The van der Waals surface area contributed by atoms with Gasteiger partial charge in [0.05, 0.1) is 0 Å². The molecule has 0 radical (unpaired) electrons. The number of amides is 1. The summed E-state index contributed by atoms with van der Waals surface area (Å²) >= 11 is 0. The molecule has 0 heterocycles. The van der Waals surface area contributed by atoms with Crippen LogP contribution in [-0.4, -0.2) is 39.5 Å². The molecule has 0 N–H and O–H groups in total. The minimum atomic E-state index is -1.66. The van der Waals surface area contributed by atoms with E-state index < -0.39 is 8.32 Å². The number of ether oxygens (including phenoxy) is 1. The molecule has 0 unspecified atom stereocenters. The molecule has 0 aromatic heterocycles. The first-order valence-corrected chi connectivity index (χ1v) is 11.6. The molecule has 0 aliphatic carbocycles. The van der Waals surface area contributed by atoms with Gasteiger partial charge in [-0.05, 0) is 36.5 Å². The highest BCUT2D eigenvalue weighted by Crippen LogP contribution is 2.36. The van der Waals surface area contributed by atoms with Gasteiger partial charge in [0.1, 0.15) is 6.61 Å². The van der Waals surface area contributed by atoms with Crippen LogP contribution in [0.4, 0.5) is 4.79 Å². The van der Waals surface area contributed by atoms with Gasteiger partial charge in [0.2, 0.25) is 0 Å². The van der Waals surface area contributed by atoms with Crippen molar-refractivity contribution < 1.29 is 14.0 Å². The van der Waals surface area contributed by atoms with Gasteiger partial charge in [0.15, 0.2) is 8.32 Å². The van der Waals surface area contributed by atoms with Gasteiger partial charge in [-0.1, -0.05) is 51.1 Å². The highest BCUT2D eigenvalue weighted by atomic mass is 28.4. The third-order valence-electron chi connectivity index (χ3n) is 4.67. The molecule has 136 valence electrons. The van der Waals surface area contributed by atoms with Crippen LogP contribution in [0.1, 0.15) is 39.2 Å². The predicted octanol–water partition coefficient (Wildman–Crippen LogP) is 5.06. The molecule has 0 spiro atoms. The zero-order valence-corrected chi connectivity index (χ0v) is 17.1. The summed E-state index contributed by atoms with van der Waals surface area (Å²) in [6.45, 7) is 13.0. The Balaban J connectivity index is 2.19. The minimum absolute atomic E-state index is 0.241. The number of unbranched alkanes of at least 4 members (excludes halogenated alkanes) is 1. The SMILES string of the molecule is CN(CCCCO[Si](C)(C)C(C)(C)C)C(=O)OCc1ccccc1. The van der Waals surface area contributed by atoms with Gasteiger partial charge < -0.3 is 14.1 Å². The van der Waals surface area contributed by atoms with Crippen LogP contribution in [0.5, 0.6) is 0 Å². The first-order valence-electron chi connectivity index (χ1n) is 8.69. The Bertz CT molecular complexity index is 497. The van der Waals surface area contributed by atoms with Crippen molar-refractivity contribution in [3.05, 3.63) is 35.9 Å². The normalized spacial score (nSPS) is 12.1. The second-order valence-electron chi connectivity index (χ2n) is 7.78. The van der Waals surface area contributed by atoms with Crippen molar-refractivity contribution in [2.45, 2.75) is 58.4 Å². The van der Waals surface area contributed by atoms with Crippen LogP contribution < -0.4 is 0 Å². The van der Waals surface area contributed by atoms with Gasteiger partial charge in [-0.15, -0.1) is 0 Å². The Labute approximate surface area is 148 Å². The smallest absolute Gasteiger partial charge is 0.409 e. The monoisotopic (exact) mass is 351 g/mol. The van der Waals surface area contributed by atoms with Gasteiger partial charge in [-0.2, -0.15) is 0 Å². The quantitative estimate of drug-likeness (QED) is 0.485. The molecular formula is C19H33NO3Si. The molecule has 0 bridgehead atoms. The maximum atomic E-state index is 12.0. The van der Waals surface area contributed by atoms with E-state index in [-0.39, 0.29) is 11.1 Å². The van der Waals surface area contributed by atoms with Crippen LogP contribution in [-0.2, 0) is 15.8 Å². The lowest BCUT2D eigenvalue weighted by Gasteiger charge is -2.36. The van der Waals surface area contributed by atoms with Crippen LogP contribution in [0, 0.1) is 0 Å². The summed E-state index contributed by atoms with van der Waals surface area (Å²) in [5.74, 6) is 0. The van der Waals surface area contributed by atoms with E-state index in [0.29, 0.717) is 13.2 Å². The topological polar surface area (TPSA) is 38.8 Å². The van der Waals surface area contributed by atoms with E-state index in [0.717, 1.165) is 25.0 Å². The second kappa shape index (κ2) is 9.23. The number of carbonyl (C=O) groups excluding carboxylic acids is 1. The second-order valence-corrected chi connectivity index (χ2v) is 12.6. The largest absolute Gasteiger partial charge is 0.445 e. The lowest BCUT2D eigenvalue weighted by molar-refractivity contribution is 0.103. The van der Waals surface area contributed by atoms with Crippen LogP contribution in [0.3, 0.4) is 0 Å². The molecule has 1 amide bonds. The third-order valence-corrected chi connectivity index (χ3v) is 9.21. The van der Waals surface area contributed by atoms with E-state index in [1.807, 2.05) is 30.3 Å². The highest BCUT2D eigenvalue weighted by molar-refractivity contribution is 6.74. The van der Waals surface area contributed by atoms with Crippen molar-refractivity contribution >= 4 is 14.4 Å². The lowest BCUT2D eigenvalue weighted by Crippen LogP contribution is -2.41. The first-order chi connectivity index (χ1) is 11.1. The number of rotatable bonds is 8. The third kappa shape index (κ3) is 7.05. The average molecular weight is 352 g/mol. The molecule has 4 nitrogen and oxygen atoms in total. The molecule has 0 fully saturated rings. The summed E-state index contributed by atoms with van der Waals surface area (Å²) in [5, 5.41) is 0.241. The summed E-state index contributed by atoms with van der Waals surface area (Å²) in [6, 6.07) is 9.73. The Morgan fingerprint density at radius 3 is 2.33 bits per heavy atom. The molecule has 1 rings (SSSR count). The summed E-state index contributed by atoms with van der Waals surface area (Å²) in [4.78, 5) is 13.6. The molecule has 0 saturated heterocycles. The molecule has 0 saturated carbocycles. The van der Waals surface area contributed by atoms with Gasteiger partial charge in [0, 0.05) is 20.2 Å². The standard InChI is InChI=1S/C19H33NO3Si/c1-19(2,3)24(5,6)23-15-11-10-14-20(4)18(21)22-16-17-12-8-7-9-13-17/h7-9,12-13H,10-11,14-16H2,1-6H3. The number of nitrogens with zero attached hydrogens (tertiary/aromatic N) is 1. The summed E-state index contributed by atoms with van der Waals surface area (Å²) < 4.78 is 11.5. The van der Waals surface area contributed by atoms with E-state index in [1.54, 1.807) is 11.9 Å². The van der Waals surface area contributed by atoms with Gasteiger partial charge in [-0.3, -0.25) is 0 Å². The fraction of sp³-hybridized carbons (Fsp3) is 0.632. The Morgan fingerprint density at radius 1 is 1.12 bits per heavy atom. The van der Waals surface area contributed by atoms with Crippen LogP contribution in [0.25, 0.3) is 0 Å². The Kier molecular flexibility index (Phi) is 7.96. The van der Waals surface area contributed by atoms with Crippen molar-refractivity contribution in [2.24, 2.45) is 0 Å². The summed E-state index contributed by atoms with van der Waals surface area (Å²) in [5.41, 5.74) is 1.00. The van der Waals surface area contributed by atoms with E-state index in [9.17, 15) is 4.79 Å². The molecule has 1 aromatic carbocycles. The average Bonchev–Trinajstić information content (AvgIpc) is 2.51. The van der Waals surface area contributed by atoms with Crippen molar-refractivity contribution in [2.75, 3.05) is 20.2 Å². The summed E-state index contributed by atoms with van der Waals surface area (Å²) in [7, 11) is 0.120. The van der Waals surface area contributed by atoms with Crippen molar-refractivity contribution in [1.82, 2.24) is 4.90 Å². The van der Waals surface area contributed by atoms with Gasteiger partial charge in [-0.25, -0.2) is 4.79 Å². The maximum Gasteiger partial charge on any atom is 0.409 e. The van der Waals surface area contributed by atoms with Crippen molar-refractivity contribution in [3.8, 4) is 0 Å². The zero-order chi connectivity index (χ0) is 18.2. The van der Waals surface area contributed by atoms with Crippen molar-refractivity contribution in [3.63, 3.8) is 0 Å². The van der Waals surface area contributed by atoms with Crippen LogP contribution in [0.15, 0.2) is 30.3 Å². The van der Waals surface area contributed by atoms with Crippen LogP contribution in [0.2, 0.25) is 18.1 Å².